The summed E-state index contributed by atoms with van der Waals surface area (Å²) in [5.41, 5.74) is 0. The molecule has 0 aliphatic heterocycles. The van der Waals surface area contributed by atoms with Crippen molar-refractivity contribution in [1.82, 2.24) is 0 Å². The second kappa shape index (κ2) is 5.81. The van der Waals surface area contributed by atoms with Crippen LogP contribution in [0.5, 0.6) is 0 Å². The molecule has 0 rings (SSSR count). The van der Waals surface area contributed by atoms with Gasteiger partial charge in [0.15, 0.2) is 0 Å². The van der Waals surface area contributed by atoms with Gasteiger partial charge >= 0.3 is 5.97 Å². The summed E-state index contributed by atoms with van der Waals surface area (Å²) >= 11 is 10.8. The predicted octanol–water partition coefficient (Wildman–Crippen LogP) is 1.79. The van der Waals surface area contributed by atoms with Crippen LogP contribution in [-0.4, -0.2) is 23.8 Å². The molecule has 0 aliphatic carbocycles. The van der Waals surface area contributed by atoms with Gasteiger partial charge in [-0.3, -0.25) is 4.79 Å². The van der Waals surface area contributed by atoms with Crippen LogP contribution in [-0.2, 0) is 9.53 Å². The van der Waals surface area contributed by atoms with Crippen molar-refractivity contribution < 1.29 is 9.53 Å². The van der Waals surface area contributed by atoms with E-state index >= 15 is 0 Å². The van der Waals surface area contributed by atoms with Crippen molar-refractivity contribution in [3.8, 4) is 0 Å². The van der Waals surface area contributed by atoms with Crippen LogP contribution in [0.15, 0.2) is 0 Å². The molecule has 4 heteroatoms. The number of carbonyl (C=O) groups excluding carboxylic acids is 1. The first kappa shape index (κ1) is 10.0. The second-order valence-corrected chi connectivity index (χ2v) is 2.71. The number of halogens is 2. The van der Waals surface area contributed by atoms with Crippen LogP contribution in [0.25, 0.3) is 0 Å². The highest BCUT2D eigenvalue weighted by Gasteiger charge is 2.04. The highest BCUT2D eigenvalue weighted by molar-refractivity contribution is 6.26. The molecule has 1 unspecified atom stereocenters. The quantitative estimate of drug-likeness (QED) is 0.493. The molecule has 0 aliphatic rings. The van der Waals surface area contributed by atoms with E-state index in [1.165, 1.54) is 0 Å². The fourth-order valence-electron chi connectivity index (χ4n) is 0.340. The maximum absolute atomic E-state index is 10.4. The van der Waals surface area contributed by atoms with Gasteiger partial charge in [-0.2, -0.15) is 0 Å². The fourth-order valence-corrected chi connectivity index (χ4v) is 0.480. The molecule has 0 aromatic rings. The van der Waals surface area contributed by atoms with Crippen molar-refractivity contribution in [2.24, 2.45) is 0 Å². The Bertz CT molecular complexity index is 106. The van der Waals surface area contributed by atoms with Crippen LogP contribution in [0.2, 0.25) is 0 Å². The number of carbonyl (C=O) groups is 1. The molecule has 10 heavy (non-hydrogen) atoms. The molecule has 0 amide bonds. The van der Waals surface area contributed by atoms with E-state index in [1.54, 1.807) is 0 Å². The van der Waals surface area contributed by atoms with Crippen LogP contribution in [0.3, 0.4) is 0 Å². The lowest BCUT2D eigenvalue weighted by Crippen LogP contribution is -2.13. The van der Waals surface area contributed by atoms with E-state index in [0.29, 0.717) is 0 Å². The number of ether oxygens (including phenoxy) is 1. The molecule has 0 saturated carbocycles. The number of rotatable bonds is 4. The van der Waals surface area contributed by atoms with Crippen molar-refractivity contribution in [3.05, 3.63) is 0 Å². The van der Waals surface area contributed by atoms with Crippen LogP contribution >= 0.6 is 23.2 Å². The highest BCUT2D eigenvalue weighted by Crippen LogP contribution is 2.01. The molecular weight excluding hydrogens is 175 g/mol. The molecule has 0 aromatic carbocycles. The van der Waals surface area contributed by atoms with Crippen LogP contribution in [0.4, 0.5) is 0 Å². The first-order valence-corrected chi connectivity index (χ1v) is 4.03. The molecule has 0 N–H and O–H groups in total. The second-order valence-electron chi connectivity index (χ2n) is 1.82. The summed E-state index contributed by atoms with van der Waals surface area (Å²) in [5, 5.41) is -0.0906. The summed E-state index contributed by atoms with van der Waals surface area (Å²) in [5.74, 6) is -0.520. The van der Waals surface area contributed by atoms with Crippen molar-refractivity contribution in [2.45, 2.75) is 18.7 Å². The van der Waals surface area contributed by atoms with E-state index < -0.39 is 5.97 Å². The van der Waals surface area contributed by atoms with E-state index in [2.05, 4.69) is 4.74 Å². The topological polar surface area (TPSA) is 26.3 Å². The maximum atomic E-state index is 10.4. The zero-order valence-corrected chi connectivity index (χ0v) is 7.28. The van der Waals surface area contributed by atoms with Gasteiger partial charge in [0.2, 0.25) is 0 Å². The first-order valence-electron chi connectivity index (χ1n) is 3.06. The average molecular weight is 185 g/mol. The van der Waals surface area contributed by atoms with Crippen molar-refractivity contribution >= 4 is 29.2 Å². The lowest BCUT2D eigenvalue weighted by atomic mass is 10.3. The molecule has 0 spiro atoms. The lowest BCUT2D eigenvalue weighted by Gasteiger charge is -2.05. The molecule has 2 nitrogen and oxygen atoms in total. The summed E-state index contributed by atoms with van der Waals surface area (Å²) in [6, 6.07) is 0. The Labute approximate surface area is 70.4 Å². The maximum Gasteiger partial charge on any atom is 0.320 e. The molecule has 0 saturated heterocycles. The van der Waals surface area contributed by atoms with Gasteiger partial charge in [-0.15, -0.1) is 23.2 Å². The molecular formula is C6H10Cl2O2. The molecule has 0 aromatic heterocycles. The number of hydrogen-bond acceptors (Lipinski definition) is 2. The minimum atomic E-state index is -0.416. The predicted molar refractivity (Wildman–Crippen MR) is 41.6 cm³/mol. The van der Waals surface area contributed by atoms with Gasteiger partial charge in [-0.25, -0.2) is 0 Å². The van der Waals surface area contributed by atoms with Crippen molar-refractivity contribution in [1.29, 1.82) is 0 Å². The largest absolute Gasteiger partial charge is 0.463 e. The van der Waals surface area contributed by atoms with Crippen LogP contribution in [0.1, 0.15) is 13.3 Å². The monoisotopic (exact) mass is 184 g/mol. The molecule has 0 bridgehead atoms. The Hall–Kier alpha value is 0.0500. The van der Waals surface area contributed by atoms with E-state index in [9.17, 15) is 4.79 Å². The van der Waals surface area contributed by atoms with Gasteiger partial charge in [0.25, 0.3) is 0 Å². The van der Waals surface area contributed by atoms with Gasteiger partial charge in [-0.1, -0.05) is 6.92 Å². The smallest absolute Gasteiger partial charge is 0.320 e. The third-order valence-electron chi connectivity index (χ3n) is 0.977. The Morgan fingerprint density at radius 2 is 2.30 bits per heavy atom. The first-order chi connectivity index (χ1) is 4.70. The Morgan fingerprint density at radius 3 is 2.70 bits per heavy atom. The lowest BCUT2D eigenvalue weighted by molar-refractivity contribution is -0.140. The molecule has 0 heterocycles. The SMILES string of the molecule is CCC(Cl)COC(=O)CCl. The normalized spacial score (nSPS) is 12.7. The third kappa shape index (κ3) is 4.89. The van der Waals surface area contributed by atoms with Crippen LogP contribution in [0, 0.1) is 0 Å². The van der Waals surface area contributed by atoms with Gasteiger partial charge in [0.1, 0.15) is 12.5 Å². The number of hydrogen-bond donors (Lipinski definition) is 0. The number of esters is 1. The number of alkyl halides is 2. The van der Waals surface area contributed by atoms with E-state index in [1.807, 2.05) is 6.92 Å². The Kier molecular flexibility index (Phi) is 5.84. The summed E-state index contributed by atoms with van der Waals surface area (Å²) < 4.78 is 4.64. The summed E-state index contributed by atoms with van der Waals surface area (Å²) in [7, 11) is 0. The zero-order valence-electron chi connectivity index (χ0n) is 5.77. The minimum absolute atomic E-state index is 0.0906. The van der Waals surface area contributed by atoms with E-state index in [4.69, 9.17) is 23.2 Å². The molecule has 0 fully saturated rings. The Balaban J connectivity index is 3.26. The standard InChI is InChI=1S/C6H10Cl2O2/c1-2-5(8)4-10-6(9)3-7/h5H,2-4H2,1H3. The zero-order chi connectivity index (χ0) is 7.98. The third-order valence-corrected chi connectivity index (χ3v) is 1.63. The van der Waals surface area contributed by atoms with E-state index in [-0.39, 0.29) is 17.9 Å². The minimum Gasteiger partial charge on any atom is -0.463 e. The summed E-state index contributed by atoms with van der Waals surface area (Å²) in [6.45, 7) is 2.18. The fraction of sp³-hybridized carbons (Fsp3) is 0.833. The average Bonchev–Trinajstić information content (AvgIpc) is 1.99. The molecule has 1 atom stereocenters. The van der Waals surface area contributed by atoms with E-state index in [0.717, 1.165) is 6.42 Å². The van der Waals surface area contributed by atoms with Crippen molar-refractivity contribution in [2.75, 3.05) is 12.5 Å². The highest BCUT2D eigenvalue weighted by atomic mass is 35.5. The van der Waals surface area contributed by atoms with Crippen molar-refractivity contribution in [3.63, 3.8) is 0 Å². The molecule has 0 radical (unpaired) electrons. The molecule has 60 valence electrons. The van der Waals surface area contributed by atoms with Gasteiger partial charge in [0, 0.05) is 0 Å². The Morgan fingerprint density at radius 1 is 1.70 bits per heavy atom. The van der Waals surface area contributed by atoms with Gasteiger partial charge in [-0.05, 0) is 6.42 Å². The van der Waals surface area contributed by atoms with Crippen LogP contribution < -0.4 is 0 Å². The van der Waals surface area contributed by atoms with Gasteiger partial charge in [0.05, 0.1) is 5.38 Å². The van der Waals surface area contributed by atoms with Gasteiger partial charge < -0.3 is 4.74 Å². The summed E-state index contributed by atoms with van der Waals surface area (Å²) in [4.78, 5) is 10.4. The summed E-state index contributed by atoms with van der Waals surface area (Å²) in [6.07, 6.45) is 0.789.